The van der Waals surface area contributed by atoms with Crippen LogP contribution in [0.1, 0.15) is 16.8 Å². The molecule has 1 amide bonds. The van der Waals surface area contributed by atoms with E-state index in [2.05, 4.69) is 47.4 Å². The molecular formula is C20H14Br2ClN3O2. The molecule has 1 heterocycles. The highest BCUT2D eigenvalue weighted by Gasteiger charge is 2.10. The minimum Gasteiger partial charge on any atom is -0.506 e. The average Bonchev–Trinajstić information content (AvgIpc) is 2.82. The van der Waals surface area contributed by atoms with Gasteiger partial charge in [0.2, 0.25) is 0 Å². The Balaban J connectivity index is 1.70. The first kappa shape index (κ1) is 20.5. The van der Waals surface area contributed by atoms with Crippen molar-refractivity contribution >= 4 is 55.6 Å². The molecule has 1 aromatic heterocycles. The van der Waals surface area contributed by atoms with Crippen LogP contribution in [0, 0.1) is 0 Å². The number of allylic oxidation sites excluding steroid dienone is 5. The Morgan fingerprint density at radius 1 is 1.25 bits per heavy atom. The Bertz CT molecular complexity index is 1030. The van der Waals surface area contributed by atoms with Crippen LogP contribution in [0.3, 0.4) is 0 Å². The largest absolute Gasteiger partial charge is 0.506 e. The lowest BCUT2D eigenvalue weighted by Crippen LogP contribution is -2.17. The van der Waals surface area contributed by atoms with Crippen LogP contribution >= 0.6 is 43.5 Å². The number of aliphatic hydroxyl groups excluding tert-OH is 1. The SMILES string of the molecule is O=C(N/N=C/C1=CCC(Br)=C(O)C(Br)=C1)c1ccnc(-c2ccc(Cl)cc2)c1. The summed E-state index contributed by atoms with van der Waals surface area (Å²) < 4.78 is 1.19. The van der Waals surface area contributed by atoms with E-state index in [-0.39, 0.29) is 11.7 Å². The number of nitrogens with one attached hydrogen (secondary N) is 1. The maximum Gasteiger partial charge on any atom is 0.271 e. The summed E-state index contributed by atoms with van der Waals surface area (Å²) in [6.07, 6.45) is 7.18. The lowest BCUT2D eigenvalue weighted by Gasteiger charge is -2.04. The van der Waals surface area contributed by atoms with E-state index in [0.717, 1.165) is 11.1 Å². The zero-order valence-electron chi connectivity index (χ0n) is 14.4. The number of aromatic nitrogens is 1. The number of pyridine rings is 1. The summed E-state index contributed by atoms with van der Waals surface area (Å²) >= 11 is 12.5. The van der Waals surface area contributed by atoms with Crippen LogP contribution in [0.25, 0.3) is 11.3 Å². The highest BCUT2D eigenvalue weighted by atomic mass is 79.9. The van der Waals surface area contributed by atoms with Crippen LogP contribution in [-0.2, 0) is 0 Å². The van der Waals surface area contributed by atoms with Gasteiger partial charge in [-0.2, -0.15) is 5.10 Å². The van der Waals surface area contributed by atoms with Crippen LogP contribution in [0.15, 0.2) is 80.1 Å². The summed E-state index contributed by atoms with van der Waals surface area (Å²) in [5.41, 5.74) is 5.20. The van der Waals surface area contributed by atoms with Crippen molar-refractivity contribution in [1.82, 2.24) is 10.4 Å². The van der Waals surface area contributed by atoms with E-state index < -0.39 is 0 Å². The standard InChI is InChI=1S/C20H14Br2ClN3O2/c21-16-6-1-12(9-17(22)19(16)27)11-25-26-20(28)14-7-8-24-18(10-14)13-2-4-15(23)5-3-13/h1-5,7-11,27H,6H2,(H,26,28)/b25-11+. The Hall–Kier alpha value is -2.22. The highest BCUT2D eigenvalue weighted by molar-refractivity contribution is 9.12. The molecule has 28 heavy (non-hydrogen) atoms. The van der Waals surface area contributed by atoms with E-state index >= 15 is 0 Å². The van der Waals surface area contributed by atoms with E-state index in [4.69, 9.17) is 11.6 Å². The summed E-state index contributed by atoms with van der Waals surface area (Å²) in [5, 5.41) is 14.5. The first-order valence-corrected chi connectivity index (χ1v) is 10.1. The second-order valence-corrected chi connectivity index (χ2v) is 8.04. The molecule has 2 aromatic rings. The molecule has 142 valence electrons. The second-order valence-electron chi connectivity index (χ2n) is 5.79. The number of amides is 1. The average molecular weight is 524 g/mol. The number of hydrogen-bond donors (Lipinski definition) is 2. The van der Waals surface area contributed by atoms with Gasteiger partial charge in [0.15, 0.2) is 0 Å². The Kier molecular flexibility index (Phi) is 6.83. The molecule has 8 heteroatoms. The lowest BCUT2D eigenvalue weighted by atomic mass is 10.1. The van der Waals surface area contributed by atoms with Gasteiger partial charge in [0.1, 0.15) is 5.76 Å². The summed E-state index contributed by atoms with van der Waals surface area (Å²) in [6.45, 7) is 0. The van der Waals surface area contributed by atoms with E-state index in [1.54, 1.807) is 36.5 Å². The van der Waals surface area contributed by atoms with Crippen molar-refractivity contribution in [3.8, 4) is 11.3 Å². The van der Waals surface area contributed by atoms with Crippen molar-refractivity contribution < 1.29 is 9.90 Å². The normalized spacial score (nSPS) is 14.5. The van der Waals surface area contributed by atoms with Crippen molar-refractivity contribution in [1.29, 1.82) is 0 Å². The molecule has 0 spiro atoms. The predicted molar refractivity (Wildman–Crippen MR) is 119 cm³/mol. The molecule has 0 saturated heterocycles. The fraction of sp³-hybridized carbons (Fsp3) is 0.0500. The van der Waals surface area contributed by atoms with Crippen LogP contribution in [0.5, 0.6) is 0 Å². The second kappa shape index (κ2) is 9.32. The first-order chi connectivity index (χ1) is 13.4. The van der Waals surface area contributed by atoms with Crippen LogP contribution in [0.2, 0.25) is 5.02 Å². The number of aliphatic hydroxyl groups is 1. The topological polar surface area (TPSA) is 74.6 Å². The van der Waals surface area contributed by atoms with Gasteiger partial charge in [0, 0.05) is 33.2 Å². The summed E-state index contributed by atoms with van der Waals surface area (Å²) in [5.74, 6) is -0.219. The number of hydrazone groups is 1. The molecule has 2 N–H and O–H groups in total. The number of hydrogen-bond acceptors (Lipinski definition) is 4. The van der Waals surface area contributed by atoms with E-state index in [0.29, 0.717) is 31.7 Å². The number of rotatable bonds is 4. The molecule has 1 aliphatic rings. The van der Waals surface area contributed by atoms with Gasteiger partial charge in [-0.15, -0.1) is 0 Å². The van der Waals surface area contributed by atoms with Crippen molar-refractivity contribution in [2.24, 2.45) is 5.10 Å². The fourth-order valence-corrected chi connectivity index (χ4v) is 3.65. The molecule has 0 fully saturated rings. The molecule has 0 saturated carbocycles. The van der Waals surface area contributed by atoms with Gasteiger partial charge in [-0.25, -0.2) is 5.43 Å². The maximum absolute atomic E-state index is 12.4. The number of carbonyl (C=O) groups excluding carboxylic acids is 1. The zero-order valence-corrected chi connectivity index (χ0v) is 18.3. The van der Waals surface area contributed by atoms with Crippen molar-refractivity contribution in [2.75, 3.05) is 0 Å². The van der Waals surface area contributed by atoms with Gasteiger partial charge in [0.05, 0.1) is 16.4 Å². The summed E-state index contributed by atoms with van der Waals surface area (Å²) in [7, 11) is 0. The monoisotopic (exact) mass is 521 g/mol. The van der Waals surface area contributed by atoms with Crippen LogP contribution in [0.4, 0.5) is 0 Å². The van der Waals surface area contributed by atoms with Gasteiger partial charge < -0.3 is 5.11 Å². The summed E-state index contributed by atoms with van der Waals surface area (Å²) in [6, 6.07) is 10.5. The first-order valence-electron chi connectivity index (χ1n) is 8.15. The third kappa shape index (κ3) is 5.19. The smallest absolute Gasteiger partial charge is 0.271 e. The quantitative estimate of drug-likeness (QED) is 0.388. The Morgan fingerprint density at radius 2 is 2.00 bits per heavy atom. The Morgan fingerprint density at radius 3 is 2.75 bits per heavy atom. The molecule has 0 atom stereocenters. The van der Waals surface area contributed by atoms with E-state index in [1.165, 1.54) is 6.21 Å². The minimum atomic E-state index is -0.353. The van der Waals surface area contributed by atoms with E-state index in [1.807, 2.05) is 18.2 Å². The molecule has 1 aromatic carbocycles. The van der Waals surface area contributed by atoms with Crippen molar-refractivity contribution in [2.45, 2.75) is 6.42 Å². The number of nitrogens with zero attached hydrogens (tertiary/aromatic N) is 2. The van der Waals surface area contributed by atoms with Gasteiger partial charge in [0.25, 0.3) is 5.91 Å². The molecule has 0 aliphatic heterocycles. The number of benzene rings is 1. The molecule has 5 nitrogen and oxygen atoms in total. The third-order valence-electron chi connectivity index (χ3n) is 3.84. The maximum atomic E-state index is 12.4. The molecule has 0 bridgehead atoms. The molecule has 3 rings (SSSR count). The Labute approximate surface area is 183 Å². The predicted octanol–water partition coefficient (Wildman–Crippen LogP) is 5.89. The van der Waals surface area contributed by atoms with Crippen molar-refractivity contribution in [3.63, 3.8) is 0 Å². The van der Waals surface area contributed by atoms with E-state index in [9.17, 15) is 9.90 Å². The van der Waals surface area contributed by atoms with Crippen molar-refractivity contribution in [3.05, 3.63) is 85.6 Å². The van der Waals surface area contributed by atoms with Gasteiger partial charge in [-0.3, -0.25) is 9.78 Å². The molecule has 1 aliphatic carbocycles. The van der Waals surface area contributed by atoms with Crippen LogP contribution < -0.4 is 5.43 Å². The van der Waals surface area contributed by atoms with Gasteiger partial charge in [-0.1, -0.05) is 45.7 Å². The zero-order chi connectivity index (χ0) is 20.1. The third-order valence-corrected chi connectivity index (χ3v) is 5.39. The lowest BCUT2D eigenvalue weighted by molar-refractivity contribution is 0.0955. The molecular weight excluding hydrogens is 510 g/mol. The molecule has 0 radical (unpaired) electrons. The fourth-order valence-electron chi connectivity index (χ4n) is 2.38. The van der Waals surface area contributed by atoms with Gasteiger partial charge in [-0.05, 0) is 51.8 Å². The minimum absolute atomic E-state index is 0.134. The molecule has 0 unspecified atom stereocenters. The summed E-state index contributed by atoms with van der Waals surface area (Å²) in [4.78, 5) is 16.7. The highest BCUT2D eigenvalue weighted by Crippen LogP contribution is 2.28. The number of halogens is 3. The van der Waals surface area contributed by atoms with Crippen LogP contribution in [-0.4, -0.2) is 22.2 Å². The van der Waals surface area contributed by atoms with Gasteiger partial charge >= 0.3 is 0 Å². The number of carbonyl (C=O) groups is 1.